The van der Waals surface area contributed by atoms with E-state index in [2.05, 4.69) is 4.99 Å². The van der Waals surface area contributed by atoms with E-state index in [1.54, 1.807) is 48.0 Å². The molecule has 5 rings (SSSR count). The Kier molecular flexibility index (Phi) is 7.91. The summed E-state index contributed by atoms with van der Waals surface area (Å²) >= 11 is 0. The molecule has 0 radical (unpaired) electrons. The summed E-state index contributed by atoms with van der Waals surface area (Å²) in [6.07, 6.45) is 2.14. The first-order valence-corrected chi connectivity index (χ1v) is 13.0. The number of methoxy groups -OCH3 is 2. The minimum atomic E-state index is -0.709. The molecule has 0 aliphatic rings. The van der Waals surface area contributed by atoms with Crippen LogP contribution in [0.5, 0.6) is 11.5 Å². The smallest absolute Gasteiger partial charge is 0.341 e. The van der Waals surface area contributed by atoms with Crippen LogP contribution in [0.4, 0.5) is 0 Å². The zero-order valence-electron chi connectivity index (χ0n) is 22.9. The predicted molar refractivity (Wildman–Crippen MR) is 152 cm³/mol. The van der Waals surface area contributed by atoms with Crippen molar-refractivity contribution in [1.29, 1.82) is 0 Å². The topological polar surface area (TPSA) is 113 Å². The number of fused-ring (bicyclic) bond motifs is 2. The Morgan fingerprint density at radius 3 is 2.41 bits per heavy atom. The van der Waals surface area contributed by atoms with Gasteiger partial charge < -0.3 is 18.8 Å². The van der Waals surface area contributed by atoms with Crippen molar-refractivity contribution in [2.45, 2.75) is 19.9 Å². The second-order valence-corrected chi connectivity index (χ2v) is 9.06. The number of carbonyl (C=O) groups is 2. The van der Waals surface area contributed by atoms with Gasteiger partial charge in [0.05, 0.1) is 26.2 Å². The van der Waals surface area contributed by atoms with Crippen molar-refractivity contribution >= 4 is 28.6 Å². The number of carbonyl (C=O) groups excluding carboxylic acids is 2. The van der Waals surface area contributed by atoms with Gasteiger partial charge in [-0.15, -0.1) is 0 Å². The van der Waals surface area contributed by atoms with E-state index in [0.717, 1.165) is 5.56 Å². The van der Waals surface area contributed by atoms with Gasteiger partial charge in [0.25, 0.3) is 11.5 Å². The molecule has 0 unspecified atom stereocenters. The SMILES string of the molecule is CCOC(=O)c1cc2c(=O)n3ccccc3nc2n(CCc2ccccc2)c1=NC(=O)c1ccc(OC)c(OC)c1. The Labute approximate surface area is 235 Å². The number of pyridine rings is 2. The van der Waals surface area contributed by atoms with Crippen molar-refractivity contribution < 1.29 is 23.8 Å². The van der Waals surface area contributed by atoms with Crippen molar-refractivity contribution in [2.24, 2.45) is 4.99 Å². The Balaban J connectivity index is 1.81. The van der Waals surface area contributed by atoms with Gasteiger partial charge in [-0.05, 0) is 55.3 Å². The molecule has 0 fully saturated rings. The van der Waals surface area contributed by atoms with E-state index < -0.39 is 11.9 Å². The summed E-state index contributed by atoms with van der Waals surface area (Å²) in [5, 5.41) is 0.197. The lowest BCUT2D eigenvalue weighted by molar-refractivity contribution is 0.0523. The van der Waals surface area contributed by atoms with Crippen molar-refractivity contribution in [3.05, 3.63) is 112 Å². The summed E-state index contributed by atoms with van der Waals surface area (Å²) < 4.78 is 19.0. The molecule has 0 saturated carbocycles. The predicted octanol–water partition coefficient (Wildman–Crippen LogP) is 3.83. The number of aromatic nitrogens is 3. The molecule has 0 bridgehead atoms. The first-order chi connectivity index (χ1) is 19.9. The molecule has 3 heterocycles. The number of aryl methyl sites for hydroxylation is 2. The number of hydrogen-bond acceptors (Lipinski definition) is 7. The Morgan fingerprint density at radius 2 is 1.68 bits per heavy atom. The van der Waals surface area contributed by atoms with Crippen LogP contribution >= 0.6 is 0 Å². The molecular formula is C31H28N4O6. The summed E-state index contributed by atoms with van der Waals surface area (Å²) in [5.74, 6) is -0.520. The molecule has 0 N–H and O–H groups in total. The number of esters is 1. The molecule has 0 aliphatic carbocycles. The summed E-state index contributed by atoms with van der Waals surface area (Å²) in [6.45, 7) is 2.05. The minimum Gasteiger partial charge on any atom is -0.493 e. The van der Waals surface area contributed by atoms with Crippen LogP contribution in [-0.4, -0.2) is 46.7 Å². The van der Waals surface area contributed by atoms with Crippen LogP contribution in [0.1, 0.15) is 33.2 Å². The summed E-state index contributed by atoms with van der Waals surface area (Å²) in [5.41, 5.74) is 1.61. The van der Waals surface area contributed by atoms with Crippen LogP contribution in [0.3, 0.4) is 0 Å². The number of benzene rings is 2. The van der Waals surface area contributed by atoms with E-state index >= 15 is 0 Å². The molecule has 1 amide bonds. The van der Waals surface area contributed by atoms with Crippen LogP contribution in [-0.2, 0) is 17.7 Å². The normalized spacial score (nSPS) is 11.5. The molecule has 208 valence electrons. The molecule has 10 nitrogen and oxygen atoms in total. The maximum absolute atomic E-state index is 13.6. The molecular weight excluding hydrogens is 524 g/mol. The standard InChI is InChI=1S/C31H28N4O6/c1-4-41-31(38)23-19-22-27(32-26-12-8-9-16-34(26)30(22)37)35(17-15-20-10-6-5-7-11-20)28(23)33-29(36)21-13-14-24(39-2)25(18-21)40-3/h5-14,16,18-19H,4,15,17H2,1-3H3. The zero-order chi connectivity index (χ0) is 28.9. The fraction of sp³-hybridized carbons (Fsp3) is 0.194. The van der Waals surface area contributed by atoms with Gasteiger partial charge in [0.15, 0.2) is 17.0 Å². The Morgan fingerprint density at radius 1 is 0.927 bits per heavy atom. The maximum atomic E-state index is 13.6. The lowest BCUT2D eigenvalue weighted by atomic mass is 10.1. The van der Waals surface area contributed by atoms with E-state index in [4.69, 9.17) is 19.2 Å². The van der Waals surface area contributed by atoms with Gasteiger partial charge >= 0.3 is 5.97 Å². The highest BCUT2D eigenvalue weighted by molar-refractivity contribution is 5.97. The lowest BCUT2D eigenvalue weighted by Gasteiger charge is -2.15. The van der Waals surface area contributed by atoms with Gasteiger partial charge in [0.1, 0.15) is 16.9 Å². The highest BCUT2D eigenvalue weighted by atomic mass is 16.5. The zero-order valence-corrected chi connectivity index (χ0v) is 22.9. The molecule has 0 spiro atoms. The van der Waals surface area contributed by atoms with Crippen LogP contribution in [0.15, 0.2) is 88.8 Å². The van der Waals surface area contributed by atoms with E-state index in [1.807, 2.05) is 30.3 Å². The summed E-state index contributed by atoms with van der Waals surface area (Å²) in [6, 6.07) is 21.0. The third-order valence-electron chi connectivity index (χ3n) is 6.59. The van der Waals surface area contributed by atoms with Crippen molar-refractivity contribution in [2.75, 3.05) is 20.8 Å². The van der Waals surface area contributed by atoms with Gasteiger partial charge in [-0.25, -0.2) is 9.78 Å². The third-order valence-corrected chi connectivity index (χ3v) is 6.59. The van der Waals surface area contributed by atoms with Crippen LogP contribution < -0.4 is 20.5 Å². The molecule has 0 saturated heterocycles. The molecule has 2 aromatic carbocycles. The van der Waals surface area contributed by atoms with E-state index in [-0.39, 0.29) is 40.7 Å². The molecule has 5 aromatic rings. The fourth-order valence-corrected chi connectivity index (χ4v) is 4.58. The number of rotatable bonds is 8. The van der Waals surface area contributed by atoms with Gasteiger partial charge in [0.2, 0.25) is 0 Å². The van der Waals surface area contributed by atoms with Crippen molar-refractivity contribution in [3.8, 4) is 11.5 Å². The summed E-state index contributed by atoms with van der Waals surface area (Å²) in [4.78, 5) is 49.5. The molecule has 10 heteroatoms. The fourth-order valence-electron chi connectivity index (χ4n) is 4.58. The quantitative estimate of drug-likeness (QED) is 0.212. The Bertz CT molecular complexity index is 1890. The van der Waals surface area contributed by atoms with Crippen LogP contribution in [0, 0.1) is 0 Å². The van der Waals surface area contributed by atoms with E-state index in [1.165, 1.54) is 30.8 Å². The van der Waals surface area contributed by atoms with Gasteiger partial charge in [-0.3, -0.25) is 14.0 Å². The maximum Gasteiger partial charge on any atom is 0.341 e. The highest BCUT2D eigenvalue weighted by Gasteiger charge is 2.21. The van der Waals surface area contributed by atoms with Crippen molar-refractivity contribution in [3.63, 3.8) is 0 Å². The molecule has 0 atom stereocenters. The molecule has 0 aliphatic heterocycles. The lowest BCUT2D eigenvalue weighted by Crippen LogP contribution is -2.33. The monoisotopic (exact) mass is 552 g/mol. The second kappa shape index (κ2) is 11.9. The largest absolute Gasteiger partial charge is 0.493 e. The average Bonchev–Trinajstić information content (AvgIpc) is 3.00. The number of nitrogens with zero attached hydrogens (tertiary/aromatic N) is 4. The third kappa shape index (κ3) is 5.44. The average molecular weight is 553 g/mol. The first-order valence-electron chi connectivity index (χ1n) is 13.0. The van der Waals surface area contributed by atoms with Crippen LogP contribution in [0.2, 0.25) is 0 Å². The number of hydrogen-bond donors (Lipinski definition) is 0. The molecule has 3 aromatic heterocycles. The molecule has 41 heavy (non-hydrogen) atoms. The minimum absolute atomic E-state index is 0.0176. The van der Waals surface area contributed by atoms with Crippen LogP contribution in [0.25, 0.3) is 16.7 Å². The number of ether oxygens (including phenoxy) is 3. The van der Waals surface area contributed by atoms with Gasteiger partial charge in [-0.2, -0.15) is 4.99 Å². The van der Waals surface area contributed by atoms with Crippen molar-refractivity contribution in [1.82, 2.24) is 14.0 Å². The van der Waals surface area contributed by atoms with Gasteiger partial charge in [-0.1, -0.05) is 36.4 Å². The Hall–Kier alpha value is -5.25. The van der Waals surface area contributed by atoms with E-state index in [9.17, 15) is 14.4 Å². The summed E-state index contributed by atoms with van der Waals surface area (Å²) in [7, 11) is 2.97. The second-order valence-electron chi connectivity index (χ2n) is 9.06. The van der Waals surface area contributed by atoms with E-state index in [0.29, 0.717) is 29.2 Å². The first kappa shape index (κ1) is 27.3. The van der Waals surface area contributed by atoms with Gasteiger partial charge in [0, 0.05) is 18.3 Å². The highest BCUT2D eigenvalue weighted by Crippen LogP contribution is 2.27. The number of amides is 1.